The lowest BCUT2D eigenvalue weighted by molar-refractivity contribution is 0.690. The Morgan fingerprint density at radius 2 is 1.57 bits per heavy atom. The molecule has 0 aliphatic heterocycles. The number of nitrogens with one attached hydrogen (secondary N) is 1. The van der Waals surface area contributed by atoms with Crippen LogP contribution in [0.15, 0.2) is 54.7 Å². The van der Waals surface area contributed by atoms with Crippen LogP contribution in [0.5, 0.6) is 0 Å². The Hall–Kier alpha value is -2.19. The van der Waals surface area contributed by atoms with Gasteiger partial charge in [-0.05, 0) is 42.2 Å². The van der Waals surface area contributed by atoms with Gasteiger partial charge in [-0.15, -0.1) is 0 Å². The first-order chi connectivity index (χ1) is 10.3. The third-order valence-electron chi connectivity index (χ3n) is 3.98. The summed E-state index contributed by atoms with van der Waals surface area (Å²) in [5, 5.41) is 4.75. The third kappa shape index (κ3) is 2.96. The van der Waals surface area contributed by atoms with E-state index in [1.807, 2.05) is 12.3 Å². The summed E-state index contributed by atoms with van der Waals surface area (Å²) in [6.45, 7) is 6.07. The van der Waals surface area contributed by atoms with Crippen LogP contribution in [0.3, 0.4) is 0 Å². The molecule has 2 aromatic carbocycles. The molecule has 0 atom stereocenters. The van der Waals surface area contributed by atoms with Crippen LogP contribution in [-0.2, 0) is 13.1 Å². The molecule has 1 aromatic heterocycles. The van der Waals surface area contributed by atoms with Gasteiger partial charge >= 0.3 is 0 Å². The molecule has 21 heavy (non-hydrogen) atoms. The fourth-order valence-corrected chi connectivity index (χ4v) is 2.76. The second kappa shape index (κ2) is 6.06. The van der Waals surface area contributed by atoms with Crippen LogP contribution in [0, 0.1) is 13.8 Å². The lowest BCUT2D eigenvalue weighted by atomic mass is 10.0. The third-order valence-corrected chi connectivity index (χ3v) is 3.98. The number of rotatable bonds is 4. The highest BCUT2D eigenvalue weighted by Gasteiger charge is 2.04. The standard InChI is InChI=1S/C19H20N2/c1-14-6-3-7-15(2)18(14)13-20-12-17-9-4-8-16-10-5-11-21-19(16)17/h3-11,20H,12-13H2,1-2H3. The van der Waals surface area contributed by atoms with Gasteiger partial charge in [-0.1, -0.05) is 42.5 Å². The second-order valence-electron chi connectivity index (χ2n) is 5.47. The first-order valence-electron chi connectivity index (χ1n) is 7.34. The van der Waals surface area contributed by atoms with E-state index in [0.29, 0.717) is 0 Å². The Bertz CT molecular complexity index is 737. The maximum absolute atomic E-state index is 4.50. The molecule has 0 saturated heterocycles. The molecular weight excluding hydrogens is 256 g/mol. The minimum Gasteiger partial charge on any atom is -0.309 e. The SMILES string of the molecule is Cc1cccc(C)c1CNCc1cccc2cccnc12. The van der Waals surface area contributed by atoms with E-state index in [4.69, 9.17) is 0 Å². The van der Waals surface area contributed by atoms with Crippen molar-refractivity contribution in [2.24, 2.45) is 0 Å². The minimum atomic E-state index is 0.835. The van der Waals surface area contributed by atoms with Gasteiger partial charge in [-0.2, -0.15) is 0 Å². The zero-order chi connectivity index (χ0) is 14.7. The highest BCUT2D eigenvalue weighted by Crippen LogP contribution is 2.17. The number of hydrogen-bond donors (Lipinski definition) is 1. The van der Waals surface area contributed by atoms with Gasteiger partial charge in [0.1, 0.15) is 0 Å². The molecule has 0 unspecified atom stereocenters. The molecule has 3 rings (SSSR count). The first-order valence-corrected chi connectivity index (χ1v) is 7.34. The van der Waals surface area contributed by atoms with E-state index >= 15 is 0 Å². The van der Waals surface area contributed by atoms with Gasteiger partial charge in [0, 0.05) is 24.7 Å². The largest absolute Gasteiger partial charge is 0.309 e. The fourth-order valence-electron chi connectivity index (χ4n) is 2.76. The van der Waals surface area contributed by atoms with Crippen molar-refractivity contribution < 1.29 is 0 Å². The molecule has 0 bridgehead atoms. The topological polar surface area (TPSA) is 24.9 Å². The average Bonchev–Trinajstić information content (AvgIpc) is 2.50. The highest BCUT2D eigenvalue weighted by atomic mass is 14.9. The maximum atomic E-state index is 4.50. The summed E-state index contributed by atoms with van der Waals surface area (Å²) >= 11 is 0. The maximum Gasteiger partial charge on any atom is 0.0746 e. The Morgan fingerprint density at radius 1 is 0.857 bits per heavy atom. The van der Waals surface area contributed by atoms with Crippen LogP contribution in [0.1, 0.15) is 22.3 Å². The Labute approximate surface area is 125 Å². The van der Waals surface area contributed by atoms with E-state index in [1.54, 1.807) is 0 Å². The van der Waals surface area contributed by atoms with Gasteiger partial charge in [0.2, 0.25) is 0 Å². The molecule has 0 radical (unpaired) electrons. The van der Waals surface area contributed by atoms with Crippen LogP contribution < -0.4 is 5.32 Å². The van der Waals surface area contributed by atoms with E-state index in [9.17, 15) is 0 Å². The molecule has 0 aliphatic carbocycles. The highest BCUT2D eigenvalue weighted by molar-refractivity contribution is 5.81. The summed E-state index contributed by atoms with van der Waals surface area (Å²) in [4.78, 5) is 4.50. The molecule has 2 nitrogen and oxygen atoms in total. The number of benzene rings is 2. The summed E-state index contributed by atoms with van der Waals surface area (Å²) in [7, 11) is 0. The van der Waals surface area contributed by atoms with Gasteiger partial charge in [-0.3, -0.25) is 4.98 Å². The van der Waals surface area contributed by atoms with Crippen molar-refractivity contribution in [1.29, 1.82) is 0 Å². The van der Waals surface area contributed by atoms with Crippen LogP contribution in [0.25, 0.3) is 10.9 Å². The summed E-state index contributed by atoms with van der Waals surface area (Å²) in [5.41, 5.74) is 6.43. The van der Waals surface area contributed by atoms with Crippen molar-refractivity contribution in [1.82, 2.24) is 10.3 Å². The smallest absolute Gasteiger partial charge is 0.0746 e. The number of para-hydroxylation sites is 1. The first kappa shape index (κ1) is 13.8. The van der Waals surface area contributed by atoms with Gasteiger partial charge < -0.3 is 5.32 Å². The molecule has 0 amide bonds. The lowest BCUT2D eigenvalue weighted by Gasteiger charge is -2.12. The number of aryl methyl sites for hydroxylation is 2. The van der Waals surface area contributed by atoms with Crippen molar-refractivity contribution in [3.63, 3.8) is 0 Å². The number of nitrogens with zero attached hydrogens (tertiary/aromatic N) is 1. The van der Waals surface area contributed by atoms with Gasteiger partial charge in [-0.25, -0.2) is 0 Å². The van der Waals surface area contributed by atoms with Crippen molar-refractivity contribution in [3.8, 4) is 0 Å². The van der Waals surface area contributed by atoms with Gasteiger partial charge in [0.15, 0.2) is 0 Å². The summed E-state index contributed by atoms with van der Waals surface area (Å²) < 4.78 is 0. The van der Waals surface area contributed by atoms with Crippen LogP contribution in [0.4, 0.5) is 0 Å². The molecule has 0 aliphatic rings. The van der Waals surface area contributed by atoms with E-state index in [0.717, 1.165) is 18.6 Å². The molecule has 1 N–H and O–H groups in total. The predicted octanol–water partition coefficient (Wildman–Crippen LogP) is 4.14. The van der Waals surface area contributed by atoms with Gasteiger partial charge in [0.05, 0.1) is 5.52 Å². The number of hydrogen-bond acceptors (Lipinski definition) is 2. The summed E-state index contributed by atoms with van der Waals surface area (Å²) in [6.07, 6.45) is 1.86. The van der Waals surface area contributed by atoms with E-state index in [2.05, 4.69) is 66.6 Å². The zero-order valence-electron chi connectivity index (χ0n) is 12.6. The van der Waals surface area contributed by atoms with E-state index in [1.165, 1.54) is 27.6 Å². The second-order valence-corrected chi connectivity index (χ2v) is 5.47. The molecule has 3 aromatic rings. The molecule has 1 heterocycles. The summed E-state index contributed by atoms with van der Waals surface area (Å²) in [6, 6.07) is 16.9. The minimum absolute atomic E-state index is 0.835. The quantitative estimate of drug-likeness (QED) is 0.774. The van der Waals surface area contributed by atoms with E-state index < -0.39 is 0 Å². The van der Waals surface area contributed by atoms with Crippen molar-refractivity contribution in [2.75, 3.05) is 0 Å². The number of fused-ring (bicyclic) bond motifs is 1. The van der Waals surface area contributed by atoms with Gasteiger partial charge in [0.25, 0.3) is 0 Å². The van der Waals surface area contributed by atoms with Crippen molar-refractivity contribution in [2.45, 2.75) is 26.9 Å². The molecular formula is C19H20N2. The number of pyridine rings is 1. The van der Waals surface area contributed by atoms with Crippen molar-refractivity contribution >= 4 is 10.9 Å². The normalized spacial score (nSPS) is 11.0. The zero-order valence-corrected chi connectivity index (χ0v) is 12.6. The Balaban J connectivity index is 1.76. The van der Waals surface area contributed by atoms with Crippen LogP contribution in [-0.4, -0.2) is 4.98 Å². The van der Waals surface area contributed by atoms with Crippen LogP contribution in [0.2, 0.25) is 0 Å². The lowest BCUT2D eigenvalue weighted by Crippen LogP contribution is -2.14. The van der Waals surface area contributed by atoms with Crippen molar-refractivity contribution in [3.05, 3.63) is 77.0 Å². The monoisotopic (exact) mass is 276 g/mol. The Morgan fingerprint density at radius 3 is 2.38 bits per heavy atom. The number of aromatic nitrogens is 1. The molecule has 106 valence electrons. The molecule has 0 spiro atoms. The predicted molar refractivity (Wildman–Crippen MR) is 88.2 cm³/mol. The summed E-state index contributed by atoms with van der Waals surface area (Å²) in [5.74, 6) is 0. The molecule has 0 fully saturated rings. The molecule has 2 heteroatoms. The fraction of sp³-hybridized carbons (Fsp3) is 0.211. The van der Waals surface area contributed by atoms with Crippen LogP contribution >= 0.6 is 0 Å². The van der Waals surface area contributed by atoms with E-state index in [-0.39, 0.29) is 0 Å². The molecule has 0 saturated carbocycles. The average molecular weight is 276 g/mol. The Kier molecular flexibility index (Phi) is 3.98.